The van der Waals surface area contributed by atoms with Gasteiger partial charge in [0.05, 0.1) is 0 Å². The van der Waals surface area contributed by atoms with Crippen LogP contribution in [0.1, 0.15) is 80.6 Å². The van der Waals surface area contributed by atoms with Gasteiger partial charge in [-0.2, -0.15) is 13.8 Å². The minimum atomic E-state index is -0.928. The van der Waals surface area contributed by atoms with E-state index >= 15 is 0 Å². The molecular formula is C26H45NO2SW. The van der Waals surface area contributed by atoms with Gasteiger partial charge in [0.15, 0.2) is 0 Å². The smallest absolute Gasteiger partial charge is 0.480 e. The predicted octanol–water partition coefficient (Wildman–Crippen LogP) is 7.37. The molecule has 1 rings (SSSR count). The first-order valence-electron chi connectivity index (χ1n) is 10.4. The first-order valence-corrected chi connectivity index (χ1v) is 10.8. The zero-order valence-corrected chi connectivity index (χ0v) is 24.4. The third-order valence-corrected chi connectivity index (χ3v) is 2.94. The Bertz CT molecular complexity index is 502. The van der Waals surface area contributed by atoms with E-state index < -0.39 is 12.0 Å². The molecule has 5 heteroatoms. The Morgan fingerprint density at radius 2 is 1.84 bits per heavy atom. The SMILES string of the molecule is C#CCC.C/C=C/C=C/CC.CCC(N)C(=O)O.CCC1=CC=CC1.C[C-]=S.[CH2-]C.[W+2]. The summed E-state index contributed by atoms with van der Waals surface area (Å²) in [4.78, 5) is 9.81. The molecule has 0 heterocycles. The monoisotopic (exact) mass is 619 g/mol. The standard InChI is InChI=1S/C7H10.C7H12.C4H9NO2.C4H6.C2H3S.C2H5.W/c1-2-7-5-3-4-6-7;1-3-5-7-6-4-2;1-2-3(5)4(6)7;1-3-4-2;1-2-3;1-2;/h3-5H,2,6H2,1H3;3,5-7H,4H2,1-2H3;3H,2,5H2,1H3,(H,6,7);1H,4H2,2H3;1H3;1H2,2H3;/q;;;;2*-1;+2/b;5-3+,7-6+;;;;;. The molecule has 0 spiro atoms. The Balaban J connectivity index is -0.0000000630. The molecule has 1 aliphatic carbocycles. The maximum atomic E-state index is 9.81. The van der Waals surface area contributed by atoms with Gasteiger partial charge in [-0.1, -0.05) is 75.8 Å². The van der Waals surface area contributed by atoms with E-state index in [0.29, 0.717) is 6.42 Å². The van der Waals surface area contributed by atoms with Gasteiger partial charge in [-0.15, -0.1) is 12.3 Å². The second kappa shape index (κ2) is 46.8. The molecule has 0 bridgehead atoms. The molecule has 0 radical (unpaired) electrons. The third kappa shape index (κ3) is 58.5. The minimum Gasteiger partial charge on any atom is -0.480 e. The van der Waals surface area contributed by atoms with Gasteiger partial charge in [0.25, 0.3) is 0 Å². The van der Waals surface area contributed by atoms with Crippen LogP contribution < -0.4 is 5.73 Å². The van der Waals surface area contributed by atoms with Crippen LogP contribution in [0.25, 0.3) is 0 Å². The number of thiocarbonyl (C=S) groups is 1. The molecule has 1 atom stereocenters. The number of hydrogen-bond acceptors (Lipinski definition) is 3. The quantitative estimate of drug-likeness (QED) is 0.146. The first kappa shape index (κ1) is 43.6. The normalized spacial score (nSPS) is 10.9. The van der Waals surface area contributed by atoms with E-state index in [2.05, 4.69) is 74.7 Å². The number of allylic oxidation sites excluding steroid dienone is 8. The first-order chi connectivity index (χ1) is 14.4. The molecule has 0 saturated carbocycles. The summed E-state index contributed by atoms with van der Waals surface area (Å²) in [5, 5.41) is 10.4. The van der Waals surface area contributed by atoms with Crippen molar-refractivity contribution in [2.24, 2.45) is 5.73 Å². The molecule has 3 N–H and O–H groups in total. The van der Waals surface area contributed by atoms with E-state index in [1.807, 2.05) is 26.0 Å². The van der Waals surface area contributed by atoms with Gasteiger partial charge in [-0.05, 0) is 32.6 Å². The minimum absolute atomic E-state index is 0. The maximum absolute atomic E-state index is 9.81. The zero-order valence-electron chi connectivity index (χ0n) is 20.7. The fourth-order valence-electron chi connectivity index (χ4n) is 1.25. The Hall–Kier alpha value is -1.27. The van der Waals surface area contributed by atoms with Gasteiger partial charge in [-0.3, -0.25) is 4.79 Å². The van der Waals surface area contributed by atoms with Gasteiger partial charge >= 0.3 is 27.0 Å². The molecule has 0 aliphatic heterocycles. The van der Waals surface area contributed by atoms with Crippen molar-refractivity contribution in [2.75, 3.05) is 0 Å². The number of terminal acetylenes is 1. The third-order valence-electron chi connectivity index (χ3n) is 2.94. The molecule has 1 aliphatic rings. The van der Waals surface area contributed by atoms with Crippen molar-refractivity contribution in [1.82, 2.24) is 0 Å². The summed E-state index contributed by atoms with van der Waals surface area (Å²) in [6.45, 7) is 16.7. The Morgan fingerprint density at radius 1 is 1.35 bits per heavy atom. The van der Waals surface area contributed by atoms with Gasteiger partial charge in [-0.25, -0.2) is 0 Å². The van der Waals surface area contributed by atoms with Crippen molar-refractivity contribution < 1.29 is 31.0 Å². The molecule has 0 aromatic carbocycles. The van der Waals surface area contributed by atoms with Crippen LogP contribution >= 0.6 is 12.2 Å². The van der Waals surface area contributed by atoms with Gasteiger partial charge in [0.1, 0.15) is 6.04 Å². The van der Waals surface area contributed by atoms with E-state index in [-0.39, 0.29) is 21.1 Å². The molecule has 0 aromatic heterocycles. The van der Waals surface area contributed by atoms with Crippen molar-refractivity contribution in [3.05, 3.63) is 55.0 Å². The summed E-state index contributed by atoms with van der Waals surface area (Å²) in [6.07, 6.45) is 24.4. The molecule has 178 valence electrons. The van der Waals surface area contributed by atoms with Crippen molar-refractivity contribution in [3.63, 3.8) is 0 Å². The van der Waals surface area contributed by atoms with Gasteiger partial charge < -0.3 is 35.3 Å². The van der Waals surface area contributed by atoms with E-state index in [9.17, 15) is 4.79 Å². The summed E-state index contributed by atoms with van der Waals surface area (Å²) in [7, 11) is 0. The van der Waals surface area contributed by atoms with Crippen LogP contribution in [0.4, 0.5) is 0 Å². The summed E-state index contributed by atoms with van der Waals surface area (Å²) >= 11 is 4.14. The average Bonchev–Trinajstić information content (AvgIpc) is 3.30. The second-order valence-corrected chi connectivity index (χ2v) is 5.70. The molecular weight excluding hydrogens is 574 g/mol. The maximum Gasteiger partial charge on any atom is 2.00 e. The van der Waals surface area contributed by atoms with Crippen molar-refractivity contribution >= 4 is 23.6 Å². The summed E-state index contributed by atoms with van der Waals surface area (Å²) in [5.41, 5.74) is 6.57. The summed E-state index contributed by atoms with van der Waals surface area (Å²) in [5.74, 6) is 1.50. The second-order valence-electron chi connectivity index (χ2n) is 5.29. The van der Waals surface area contributed by atoms with Crippen LogP contribution in [0.15, 0.2) is 48.1 Å². The van der Waals surface area contributed by atoms with Crippen LogP contribution in [0.2, 0.25) is 0 Å². The largest absolute Gasteiger partial charge is 2.00 e. The Kier molecular flexibility index (Phi) is 65.8. The van der Waals surface area contributed by atoms with E-state index in [4.69, 9.17) is 17.3 Å². The fraction of sp³-hybridized carbons (Fsp3) is 0.500. The van der Waals surface area contributed by atoms with Crippen LogP contribution in [-0.4, -0.2) is 22.5 Å². The fourth-order valence-corrected chi connectivity index (χ4v) is 1.25. The number of carboxylic acid groups (broad SMARTS) is 1. The van der Waals surface area contributed by atoms with Crippen molar-refractivity contribution in [2.45, 2.75) is 86.6 Å². The van der Waals surface area contributed by atoms with E-state index in [0.717, 1.165) is 12.8 Å². The van der Waals surface area contributed by atoms with E-state index in [1.54, 1.807) is 26.3 Å². The van der Waals surface area contributed by atoms with Crippen LogP contribution in [0, 0.1) is 19.3 Å². The number of aliphatic carboxylic acids is 1. The molecule has 3 nitrogen and oxygen atoms in total. The Morgan fingerprint density at radius 3 is 2.00 bits per heavy atom. The molecule has 0 aromatic rings. The molecule has 31 heavy (non-hydrogen) atoms. The van der Waals surface area contributed by atoms with E-state index in [1.165, 1.54) is 12.8 Å². The van der Waals surface area contributed by atoms with Gasteiger partial charge in [0, 0.05) is 6.42 Å². The number of hydrogen-bond donors (Lipinski definition) is 2. The number of carbonyl (C=O) groups is 1. The number of carboxylic acids is 1. The zero-order chi connectivity index (χ0) is 24.6. The van der Waals surface area contributed by atoms with Crippen LogP contribution in [0.5, 0.6) is 0 Å². The average molecular weight is 620 g/mol. The van der Waals surface area contributed by atoms with Crippen LogP contribution in [-0.2, 0) is 25.9 Å². The van der Waals surface area contributed by atoms with Crippen molar-refractivity contribution in [3.8, 4) is 12.3 Å². The predicted molar refractivity (Wildman–Crippen MR) is 141 cm³/mol. The summed E-state index contributed by atoms with van der Waals surface area (Å²) in [6, 6.07) is -0.681. The topological polar surface area (TPSA) is 63.3 Å². The molecule has 0 saturated heterocycles. The van der Waals surface area contributed by atoms with Crippen molar-refractivity contribution in [1.29, 1.82) is 0 Å². The number of rotatable bonds is 5. The number of nitrogens with two attached hydrogens (primary N) is 1. The van der Waals surface area contributed by atoms with Crippen LogP contribution in [0.3, 0.4) is 0 Å². The molecule has 0 fully saturated rings. The van der Waals surface area contributed by atoms with Gasteiger partial charge in [0.2, 0.25) is 0 Å². The summed E-state index contributed by atoms with van der Waals surface area (Å²) < 4.78 is 0. The molecule has 1 unspecified atom stereocenters. The Labute approximate surface area is 213 Å². The molecule has 0 amide bonds.